The summed E-state index contributed by atoms with van der Waals surface area (Å²) in [5.74, 6) is 0.870. The Hall–Kier alpha value is -3.49. The third kappa shape index (κ3) is 4.87. The molecule has 1 amide bonds. The van der Waals surface area contributed by atoms with Crippen LogP contribution in [0.15, 0.2) is 89.1 Å². The lowest BCUT2D eigenvalue weighted by Gasteiger charge is -2.08. The minimum Gasteiger partial charge on any atom is -0.457 e. The highest BCUT2D eigenvalue weighted by Crippen LogP contribution is 2.29. The lowest BCUT2D eigenvalue weighted by Crippen LogP contribution is -2.17. The van der Waals surface area contributed by atoms with Crippen molar-refractivity contribution in [3.63, 3.8) is 0 Å². The standard InChI is InChI=1S/C24H20N2O4S2/c1-2-32(28,29)22-11-7-6-10-20(22)23(27)26-24-25-21(16-31-24)17-12-14-19(15-13-17)30-18-8-4-3-5-9-18/h3-16H,2H2,1H3,(H,25,26,27). The minimum absolute atomic E-state index is 0.0192. The number of carbonyl (C=O) groups excluding carboxylic acids is 1. The summed E-state index contributed by atoms with van der Waals surface area (Å²) in [5, 5.41) is 4.93. The van der Waals surface area contributed by atoms with Gasteiger partial charge in [-0.25, -0.2) is 13.4 Å². The van der Waals surface area contributed by atoms with Gasteiger partial charge in [-0.1, -0.05) is 37.3 Å². The number of rotatable bonds is 7. The van der Waals surface area contributed by atoms with Crippen molar-refractivity contribution in [1.82, 2.24) is 4.98 Å². The summed E-state index contributed by atoms with van der Waals surface area (Å²) in [4.78, 5) is 17.2. The average molecular weight is 465 g/mol. The van der Waals surface area contributed by atoms with Crippen molar-refractivity contribution >= 4 is 32.2 Å². The Balaban J connectivity index is 1.48. The second-order valence-corrected chi connectivity index (χ2v) is 9.94. The fraction of sp³-hybridized carbons (Fsp3) is 0.0833. The summed E-state index contributed by atoms with van der Waals surface area (Å²) in [6.45, 7) is 1.55. The summed E-state index contributed by atoms with van der Waals surface area (Å²) in [6, 6.07) is 23.2. The Morgan fingerprint density at radius 1 is 0.938 bits per heavy atom. The van der Waals surface area contributed by atoms with Crippen LogP contribution < -0.4 is 10.1 Å². The lowest BCUT2D eigenvalue weighted by atomic mass is 10.2. The second kappa shape index (κ2) is 9.33. The van der Waals surface area contributed by atoms with Gasteiger partial charge >= 0.3 is 0 Å². The molecule has 0 saturated heterocycles. The highest BCUT2D eigenvalue weighted by Gasteiger charge is 2.21. The van der Waals surface area contributed by atoms with Crippen molar-refractivity contribution in [1.29, 1.82) is 0 Å². The maximum absolute atomic E-state index is 12.7. The summed E-state index contributed by atoms with van der Waals surface area (Å²) in [6.07, 6.45) is 0. The molecule has 0 unspecified atom stereocenters. The van der Waals surface area contributed by atoms with Gasteiger partial charge in [-0.15, -0.1) is 11.3 Å². The zero-order chi connectivity index (χ0) is 22.6. The molecule has 8 heteroatoms. The van der Waals surface area contributed by atoms with Crippen molar-refractivity contribution in [2.45, 2.75) is 11.8 Å². The van der Waals surface area contributed by atoms with Crippen LogP contribution in [0.1, 0.15) is 17.3 Å². The number of aromatic nitrogens is 1. The van der Waals surface area contributed by atoms with Gasteiger partial charge in [0.2, 0.25) is 0 Å². The van der Waals surface area contributed by atoms with Crippen LogP contribution in [0.3, 0.4) is 0 Å². The van der Waals surface area contributed by atoms with Crippen LogP contribution in [0.25, 0.3) is 11.3 Å². The Labute approximate surface area is 190 Å². The topological polar surface area (TPSA) is 85.4 Å². The Kier molecular flexibility index (Phi) is 6.34. The molecule has 162 valence electrons. The molecular formula is C24H20N2O4S2. The zero-order valence-electron chi connectivity index (χ0n) is 17.2. The van der Waals surface area contributed by atoms with E-state index in [4.69, 9.17) is 4.74 Å². The molecule has 0 fully saturated rings. The zero-order valence-corrected chi connectivity index (χ0v) is 18.8. The molecule has 4 aromatic rings. The van der Waals surface area contributed by atoms with Crippen LogP contribution >= 0.6 is 11.3 Å². The van der Waals surface area contributed by atoms with Crippen LogP contribution in [0.4, 0.5) is 5.13 Å². The molecule has 3 aromatic carbocycles. The molecular weight excluding hydrogens is 444 g/mol. The summed E-state index contributed by atoms with van der Waals surface area (Å²) < 4.78 is 30.4. The van der Waals surface area contributed by atoms with E-state index < -0.39 is 15.7 Å². The largest absolute Gasteiger partial charge is 0.457 e. The van der Waals surface area contributed by atoms with Crippen LogP contribution in [0.5, 0.6) is 11.5 Å². The number of hydrogen-bond donors (Lipinski definition) is 1. The van der Waals surface area contributed by atoms with E-state index in [1.165, 1.54) is 23.5 Å². The minimum atomic E-state index is -3.52. The van der Waals surface area contributed by atoms with Gasteiger partial charge in [-0.05, 0) is 48.5 Å². The van der Waals surface area contributed by atoms with Gasteiger partial charge in [0.25, 0.3) is 5.91 Å². The number of anilines is 1. The monoisotopic (exact) mass is 464 g/mol. The first-order valence-corrected chi connectivity index (χ1v) is 12.4. The van der Waals surface area contributed by atoms with E-state index in [-0.39, 0.29) is 16.2 Å². The van der Waals surface area contributed by atoms with Gasteiger partial charge in [-0.2, -0.15) is 0 Å². The highest BCUT2D eigenvalue weighted by atomic mass is 32.2. The lowest BCUT2D eigenvalue weighted by molar-refractivity contribution is 0.102. The second-order valence-electron chi connectivity index (χ2n) is 6.83. The van der Waals surface area contributed by atoms with Crippen LogP contribution in [-0.4, -0.2) is 25.1 Å². The number of sulfone groups is 1. The van der Waals surface area contributed by atoms with Gasteiger partial charge in [0.05, 0.1) is 21.9 Å². The quantitative estimate of drug-likeness (QED) is 0.382. The predicted molar refractivity (Wildman–Crippen MR) is 126 cm³/mol. The first-order valence-electron chi connectivity index (χ1n) is 9.88. The molecule has 0 saturated carbocycles. The number of thiazole rings is 1. The van der Waals surface area contributed by atoms with Crippen molar-refractivity contribution in [3.05, 3.63) is 89.8 Å². The summed E-state index contributed by atoms with van der Waals surface area (Å²) >= 11 is 1.27. The number of benzene rings is 3. The fourth-order valence-electron chi connectivity index (χ4n) is 3.03. The van der Waals surface area contributed by atoms with Gasteiger partial charge in [0, 0.05) is 10.9 Å². The van der Waals surface area contributed by atoms with Crippen molar-refractivity contribution < 1.29 is 17.9 Å². The first kappa shape index (κ1) is 21.7. The molecule has 0 radical (unpaired) electrons. The molecule has 0 aliphatic heterocycles. The van der Waals surface area contributed by atoms with Crippen molar-refractivity contribution in [2.24, 2.45) is 0 Å². The van der Waals surface area contributed by atoms with Crippen molar-refractivity contribution in [3.8, 4) is 22.8 Å². The maximum Gasteiger partial charge on any atom is 0.258 e. The van der Waals surface area contributed by atoms with E-state index in [2.05, 4.69) is 10.3 Å². The van der Waals surface area contributed by atoms with E-state index in [1.54, 1.807) is 19.1 Å². The maximum atomic E-state index is 12.7. The number of nitrogens with zero attached hydrogens (tertiary/aromatic N) is 1. The molecule has 0 bridgehead atoms. The molecule has 1 heterocycles. The van der Waals surface area contributed by atoms with Gasteiger partial charge in [0.15, 0.2) is 15.0 Å². The Morgan fingerprint density at radius 3 is 2.31 bits per heavy atom. The Bertz CT molecular complexity index is 1330. The van der Waals surface area contributed by atoms with Gasteiger partial charge in [-0.3, -0.25) is 10.1 Å². The molecule has 1 N–H and O–H groups in total. The highest BCUT2D eigenvalue weighted by molar-refractivity contribution is 7.91. The SMILES string of the molecule is CCS(=O)(=O)c1ccccc1C(=O)Nc1nc(-c2ccc(Oc3ccccc3)cc2)cs1. The van der Waals surface area contributed by atoms with Crippen LogP contribution in [0.2, 0.25) is 0 Å². The first-order chi connectivity index (χ1) is 15.5. The molecule has 0 aliphatic rings. The predicted octanol–water partition coefficient (Wildman–Crippen LogP) is 5.65. The molecule has 0 atom stereocenters. The van der Waals surface area contributed by atoms with E-state index >= 15 is 0 Å². The molecule has 4 rings (SSSR count). The van der Waals surface area contributed by atoms with E-state index in [0.29, 0.717) is 16.6 Å². The molecule has 0 aliphatic carbocycles. The fourth-order valence-corrected chi connectivity index (χ4v) is 4.83. The summed E-state index contributed by atoms with van der Waals surface area (Å²) in [7, 11) is -3.52. The van der Waals surface area contributed by atoms with E-state index in [0.717, 1.165) is 11.3 Å². The van der Waals surface area contributed by atoms with Crippen LogP contribution in [0, 0.1) is 0 Å². The number of carbonyl (C=O) groups is 1. The number of hydrogen-bond acceptors (Lipinski definition) is 6. The molecule has 6 nitrogen and oxygen atoms in total. The number of nitrogens with one attached hydrogen (secondary N) is 1. The summed E-state index contributed by atoms with van der Waals surface area (Å²) in [5.41, 5.74) is 1.68. The van der Waals surface area contributed by atoms with Gasteiger partial charge in [0.1, 0.15) is 11.5 Å². The number of ether oxygens (including phenoxy) is 1. The third-order valence-corrected chi connectivity index (χ3v) is 7.24. The molecule has 32 heavy (non-hydrogen) atoms. The van der Waals surface area contributed by atoms with Crippen LogP contribution in [-0.2, 0) is 9.84 Å². The molecule has 0 spiro atoms. The number of para-hydroxylation sites is 1. The van der Waals surface area contributed by atoms with E-state index in [1.807, 2.05) is 60.0 Å². The number of amides is 1. The third-order valence-electron chi connectivity index (χ3n) is 4.70. The van der Waals surface area contributed by atoms with Crippen molar-refractivity contribution in [2.75, 3.05) is 11.1 Å². The van der Waals surface area contributed by atoms with E-state index in [9.17, 15) is 13.2 Å². The molecule has 1 aromatic heterocycles. The smallest absolute Gasteiger partial charge is 0.258 e. The normalized spacial score (nSPS) is 11.2. The van der Waals surface area contributed by atoms with Gasteiger partial charge < -0.3 is 4.74 Å². The Morgan fingerprint density at radius 2 is 1.59 bits per heavy atom. The average Bonchev–Trinajstić information content (AvgIpc) is 3.28.